The molecule has 2 unspecified atom stereocenters. The molecule has 0 bridgehead atoms. The molecule has 5 nitrogen and oxygen atoms in total. The van der Waals surface area contributed by atoms with Crippen molar-refractivity contribution in [3.63, 3.8) is 0 Å². The van der Waals surface area contributed by atoms with Crippen molar-refractivity contribution >= 4 is 17.6 Å². The molecule has 2 aliphatic heterocycles. The second kappa shape index (κ2) is 8.81. The van der Waals surface area contributed by atoms with E-state index in [1.165, 1.54) is 30.4 Å². The molecule has 5 rings (SSSR count). The zero-order chi connectivity index (χ0) is 22.4. The van der Waals surface area contributed by atoms with Gasteiger partial charge in [0, 0.05) is 30.2 Å². The summed E-state index contributed by atoms with van der Waals surface area (Å²) in [6, 6.07) is 6.93. The summed E-state index contributed by atoms with van der Waals surface area (Å²) in [6.07, 6.45) is 8.53. The monoisotopic (exact) mass is 438 g/mol. The van der Waals surface area contributed by atoms with E-state index in [4.69, 9.17) is 4.74 Å². The van der Waals surface area contributed by atoms with Gasteiger partial charge in [0.1, 0.15) is 6.10 Å². The number of amides is 1. The summed E-state index contributed by atoms with van der Waals surface area (Å²) in [5.41, 5.74) is 3.64. The number of benzene rings is 1. The van der Waals surface area contributed by atoms with Crippen LogP contribution >= 0.6 is 0 Å². The normalized spacial score (nSPS) is 30.4. The highest BCUT2D eigenvalue weighted by Crippen LogP contribution is 2.53. The number of piperidine rings is 1. The fraction of sp³-hybridized carbons (Fsp3) is 0.704. The molecule has 1 aromatic carbocycles. The van der Waals surface area contributed by atoms with Crippen LogP contribution in [0.2, 0.25) is 0 Å². The zero-order valence-electron chi connectivity index (χ0n) is 19.9. The highest BCUT2D eigenvalue weighted by atomic mass is 16.5. The quantitative estimate of drug-likeness (QED) is 0.608. The second-order valence-electron chi connectivity index (χ2n) is 10.7. The summed E-state index contributed by atoms with van der Waals surface area (Å²) in [7, 11) is 0. The van der Waals surface area contributed by atoms with Gasteiger partial charge in [0.2, 0.25) is 5.91 Å². The highest BCUT2D eigenvalue weighted by molar-refractivity contribution is 6.06. The first-order valence-electron chi connectivity index (χ1n) is 12.9. The number of hydrogen-bond acceptors (Lipinski definition) is 4. The van der Waals surface area contributed by atoms with Gasteiger partial charge in [-0.05, 0) is 82.5 Å². The Morgan fingerprint density at radius 3 is 2.66 bits per heavy atom. The number of nitrogens with zero attached hydrogens (tertiary/aromatic N) is 2. The molecule has 2 fully saturated rings. The van der Waals surface area contributed by atoms with Crippen LogP contribution in [-0.2, 0) is 14.3 Å². The lowest BCUT2D eigenvalue weighted by atomic mass is 9.68. The summed E-state index contributed by atoms with van der Waals surface area (Å²) in [6.45, 7) is 8.14. The molecule has 1 aromatic rings. The molecule has 0 N–H and O–H groups in total. The smallest absolute Gasteiger partial charge is 0.310 e. The van der Waals surface area contributed by atoms with E-state index in [1.54, 1.807) is 0 Å². The van der Waals surface area contributed by atoms with Gasteiger partial charge in [-0.3, -0.25) is 14.5 Å². The van der Waals surface area contributed by atoms with Gasteiger partial charge < -0.3 is 9.64 Å². The maximum absolute atomic E-state index is 13.4. The fourth-order valence-electron chi connectivity index (χ4n) is 6.90. The maximum atomic E-state index is 13.4. The van der Waals surface area contributed by atoms with Crippen LogP contribution in [0.3, 0.4) is 0 Å². The Balaban J connectivity index is 1.45. The molecule has 2 heterocycles. The van der Waals surface area contributed by atoms with Gasteiger partial charge in [-0.25, -0.2) is 0 Å². The van der Waals surface area contributed by atoms with Crippen LogP contribution in [0.4, 0.5) is 5.69 Å². The molecule has 1 saturated heterocycles. The molecule has 2 aliphatic carbocycles. The number of esters is 1. The molecule has 4 atom stereocenters. The van der Waals surface area contributed by atoms with Crippen LogP contribution in [0, 0.1) is 5.92 Å². The minimum absolute atomic E-state index is 0.00559. The zero-order valence-corrected chi connectivity index (χ0v) is 19.9. The molecule has 0 aromatic heterocycles. The van der Waals surface area contributed by atoms with Crippen LogP contribution in [0.5, 0.6) is 0 Å². The van der Waals surface area contributed by atoms with Gasteiger partial charge in [0.05, 0.1) is 11.8 Å². The van der Waals surface area contributed by atoms with Gasteiger partial charge in [-0.15, -0.1) is 0 Å². The number of fused-ring (bicyclic) bond motifs is 2. The first-order valence-corrected chi connectivity index (χ1v) is 12.9. The molecule has 32 heavy (non-hydrogen) atoms. The van der Waals surface area contributed by atoms with E-state index in [0.717, 1.165) is 50.9 Å². The molecular weight excluding hydrogens is 400 g/mol. The third-order valence-electron chi connectivity index (χ3n) is 8.26. The third-order valence-corrected chi connectivity index (χ3v) is 8.26. The Bertz CT molecular complexity index is 876. The van der Waals surface area contributed by atoms with E-state index >= 15 is 0 Å². The maximum Gasteiger partial charge on any atom is 0.310 e. The predicted octanol–water partition coefficient (Wildman–Crippen LogP) is 4.99. The van der Waals surface area contributed by atoms with Crippen LogP contribution in [-0.4, -0.2) is 48.1 Å². The van der Waals surface area contributed by atoms with Gasteiger partial charge in [0.25, 0.3) is 0 Å². The predicted molar refractivity (Wildman–Crippen MR) is 126 cm³/mol. The Morgan fingerprint density at radius 2 is 1.94 bits per heavy atom. The van der Waals surface area contributed by atoms with Crippen molar-refractivity contribution in [1.29, 1.82) is 0 Å². The van der Waals surface area contributed by atoms with Crippen molar-refractivity contribution in [2.45, 2.75) is 102 Å². The molecule has 0 spiro atoms. The minimum atomic E-state index is -0.0737. The number of ether oxygens (including phenoxy) is 1. The number of carbonyl (C=O) groups excluding carboxylic acids is 2. The Morgan fingerprint density at radius 1 is 1.16 bits per heavy atom. The largest absolute Gasteiger partial charge is 0.462 e. The summed E-state index contributed by atoms with van der Waals surface area (Å²) in [5.74, 6) is 0.456. The van der Waals surface area contributed by atoms with E-state index in [9.17, 15) is 9.59 Å². The Kier molecular flexibility index (Phi) is 6.04. The van der Waals surface area contributed by atoms with Crippen molar-refractivity contribution in [3.05, 3.63) is 29.3 Å². The van der Waals surface area contributed by atoms with Gasteiger partial charge in [-0.2, -0.15) is 0 Å². The summed E-state index contributed by atoms with van der Waals surface area (Å²) in [4.78, 5) is 31.1. The number of hydrogen-bond donors (Lipinski definition) is 0. The van der Waals surface area contributed by atoms with E-state index in [2.05, 4.69) is 43.9 Å². The van der Waals surface area contributed by atoms with Crippen molar-refractivity contribution in [2.75, 3.05) is 18.0 Å². The molecule has 4 aliphatic rings. The van der Waals surface area contributed by atoms with Crippen molar-refractivity contribution in [3.8, 4) is 0 Å². The van der Waals surface area contributed by atoms with Crippen LogP contribution in [0.15, 0.2) is 18.2 Å². The Hall–Kier alpha value is -1.88. The van der Waals surface area contributed by atoms with E-state index in [0.29, 0.717) is 12.0 Å². The molecule has 5 heteroatoms. The van der Waals surface area contributed by atoms with E-state index in [-0.39, 0.29) is 35.9 Å². The number of rotatable bonds is 5. The Labute approximate surface area is 192 Å². The first-order chi connectivity index (χ1) is 15.5. The minimum Gasteiger partial charge on any atom is -0.462 e. The highest BCUT2D eigenvalue weighted by Gasteiger charge is 2.51. The number of likely N-dealkylation sites (tertiary alicyclic amines) is 1. The summed E-state index contributed by atoms with van der Waals surface area (Å²) < 4.78 is 6.02. The van der Waals surface area contributed by atoms with E-state index in [1.807, 2.05) is 4.90 Å². The van der Waals surface area contributed by atoms with Gasteiger partial charge in [0.15, 0.2) is 0 Å². The first kappa shape index (κ1) is 21.9. The molecular formula is C27H38N2O3. The second-order valence-corrected chi connectivity index (χ2v) is 10.7. The van der Waals surface area contributed by atoms with E-state index < -0.39 is 0 Å². The van der Waals surface area contributed by atoms with Crippen LogP contribution in [0.1, 0.15) is 95.1 Å². The van der Waals surface area contributed by atoms with Crippen molar-refractivity contribution in [2.24, 2.45) is 5.92 Å². The summed E-state index contributed by atoms with van der Waals surface area (Å²) >= 11 is 0. The fourth-order valence-corrected chi connectivity index (χ4v) is 6.90. The lowest BCUT2D eigenvalue weighted by Crippen LogP contribution is -2.52. The molecule has 174 valence electrons. The third kappa shape index (κ3) is 3.67. The van der Waals surface area contributed by atoms with Crippen LogP contribution in [0.25, 0.3) is 0 Å². The standard InChI is InChI=1S/C27H38N2O3/c1-4-13-28-16-18(27(31)32-19-9-6-5-7-10-19)14-21-20-11-8-12-23-25(20)22(15-24(21)28)26(30)29(23)17(2)3/h8,11-12,17-19,21-22,24H,4-7,9-10,13-16H2,1-3H3/t18-,21?,22?,24-/m1/s1. The summed E-state index contributed by atoms with van der Waals surface area (Å²) in [5, 5.41) is 0. The lowest BCUT2D eigenvalue weighted by molar-refractivity contribution is -0.158. The molecule has 1 amide bonds. The molecule has 0 radical (unpaired) electrons. The number of anilines is 1. The average molecular weight is 439 g/mol. The van der Waals surface area contributed by atoms with Crippen molar-refractivity contribution in [1.82, 2.24) is 4.90 Å². The van der Waals surface area contributed by atoms with Gasteiger partial charge in [-0.1, -0.05) is 25.5 Å². The SMILES string of the molecule is CCCN1C[C@H](C(=O)OC2CCCCC2)CC2c3cccc4c3C(C[C@H]21)C(=O)N4C(C)C. The van der Waals surface area contributed by atoms with Crippen molar-refractivity contribution < 1.29 is 14.3 Å². The van der Waals surface area contributed by atoms with Crippen LogP contribution < -0.4 is 4.90 Å². The average Bonchev–Trinajstić information content (AvgIpc) is 3.07. The lowest BCUT2D eigenvalue weighted by Gasteiger charge is -2.48. The molecule has 1 saturated carbocycles. The number of carbonyl (C=O) groups is 2. The topological polar surface area (TPSA) is 49.9 Å². The van der Waals surface area contributed by atoms with Gasteiger partial charge >= 0.3 is 5.97 Å².